The number of hydrogen-bond acceptors (Lipinski definition) is 4. The lowest BCUT2D eigenvalue weighted by atomic mass is 10.2. The van der Waals surface area contributed by atoms with Gasteiger partial charge < -0.3 is 14.6 Å². The quantitative estimate of drug-likeness (QED) is 0.859. The minimum atomic E-state index is -0.283. The molecule has 108 valence electrons. The first kappa shape index (κ1) is 13.4. The molecule has 7 heteroatoms. The highest BCUT2D eigenvalue weighted by Crippen LogP contribution is 2.34. The Labute approximate surface area is 121 Å². The first-order valence-corrected chi connectivity index (χ1v) is 7.80. The lowest BCUT2D eigenvalue weighted by Gasteiger charge is -2.24. The molecule has 2 fully saturated rings. The zero-order valence-corrected chi connectivity index (χ0v) is 11.9. The van der Waals surface area contributed by atoms with Crippen molar-refractivity contribution in [2.75, 3.05) is 31.9 Å². The minimum absolute atomic E-state index is 0.180. The van der Waals surface area contributed by atoms with Crippen LogP contribution in [0.25, 0.3) is 0 Å². The molecule has 2 saturated heterocycles. The summed E-state index contributed by atoms with van der Waals surface area (Å²) >= 11 is 1.80. The average Bonchev–Trinajstić information content (AvgIpc) is 3.05. The second kappa shape index (κ2) is 5.78. The van der Waals surface area contributed by atoms with Gasteiger partial charge in [0.15, 0.2) is 0 Å². The van der Waals surface area contributed by atoms with Gasteiger partial charge in [0.25, 0.3) is 0 Å². The number of amides is 4. The first-order valence-electron chi connectivity index (χ1n) is 6.75. The third kappa shape index (κ3) is 2.63. The van der Waals surface area contributed by atoms with E-state index >= 15 is 0 Å². The van der Waals surface area contributed by atoms with E-state index in [-0.39, 0.29) is 17.3 Å². The molecule has 1 aromatic heterocycles. The summed E-state index contributed by atoms with van der Waals surface area (Å²) in [6, 6.07) is 3.40. The second-order valence-corrected chi connectivity index (χ2v) is 6.13. The van der Waals surface area contributed by atoms with Crippen LogP contribution in [0.4, 0.5) is 9.59 Å². The minimum Gasteiger partial charge on any atom is -0.468 e. The van der Waals surface area contributed by atoms with Gasteiger partial charge in [0, 0.05) is 31.9 Å². The topological polar surface area (TPSA) is 65.8 Å². The van der Waals surface area contributed by atoms with Crippen LogP contribution in [-0.2, 0) is 0 Å². The zero-order valence-electron chi connectivity index (χ0n) is 11.1. The van der Waals surface area contributed by atoms with Crippen LogP contribution in [0.2, 0.25) is 0 Å². The average molecular weight is 295 g/mol. The molecule has 0 unspecified atom stereocenters. The van der Waals surface area contributed by atoms with Crippen molar-refractivity contribution in [2.45, 2.75) is 11.7 Å². The van der Waals surface area contributed by atoms with E-state index in [2.05, 4.69) is 5.32 Å². The molecular weight excluding hydrogens is 278 g/mol. The molecule has 0 aliphatic carbocycles. The van der Waals surface area contributed by atoms with Crippen LogP contribution in [0.1, 0.15) is 17.4 Å². The molecule has 0 aromatic carbocycles. The largest absolute Gasteiger partial charge is 0.468 e. The van der Waals surface area contributed by atoms with Gasteiger partial charge in [-0.25, -0.2) is 14.5 Å². The fourth-order valence-corrected chi connectivity index (χ4v) is 3.67. The number of rotatable bonds is 1. The lowest BCUT2D eigenvalue weighted by Crippen LogP contribution is -2.45. The SMILES string of the molecule is O=C1NCCN1C(=O)N1CCS[C@H](c2ccco2)CC1. The van der Waals surface area contributed by atoms with E-state index in [9.17, 15) is 9.59 Å². The zero-order chi connectivity index (χ0) is 13.9. The Balaban J connectivity index is 1.62. The summed E-state index contributed by atoms with van der Waals surface area (Å²) < 4.78 is 5.44. The molecule has 20 heavy (non-hydrogen) atoms. The van der Waals surface area contributed by atoms with Crippen molar-refractivity contribution in [1.82, 2.24) is 15.1 Å². The van der Waals surface area contributed by atoms with Gasteiger partial charge in [-0.1, -0.05) is 0 Å². The summed E-state index contributed by atoms with van der Waals surface area (Å²) in [4.78, 5) is 26.9. The molecule has 0 saturated carbocycles. The number of carbonyl (C=O) groups is 2. The van der Waals surface area contributed by atoms with Crippen LogP contribution in [-0.4, -0.2) is 53.8 Å². The maximum absolute atomic E-state index is 12.3. The predicted octanol–water partition coefficient (Wildman–Crippen LogP) is 1.90. The van der Waals surface area contributed by atoms with E-state index in [1.165, 1.54) is 4.90 Å². The summed E-state index contributed by atoms with van der Waals surface area (Å²) in [6.07, 6.45) is 2.53. The third-order valence-corrected chi connectivity index (χ3v) is 4.85. The number of nitrogens with one attached hydrogen (secondary N) is 1. The molecule has 6 nitrogen and oxygen atoms in total. The van der Waals surface area contributed by atoms with Crippen LogP contribution in [0.15, 0.2) is 22.8 Å². The Kier molecular flexibility index (Phi) is 3.86. The molecule has 3 heterocycles. The maximum Gasteiger partial charge on any atom is 0.328 e. The van der Waals surface area contributed by atoms with Crippen LogP contribution in [0.5, 0.6) is 0 Å². The standard InChI is InChI=1S/C13H17N3O3S/c17-12-14-4-6-16(12)13(18)15-5-3-11(20-9-7-15)10-2-1-8-19-10/h1-2,8,11H,3-7,9H2,(H,14,17)/t11-/m0/s1. The van der Waals surface area contributed by atoms with Crippen LogP contribution in [0, 0.1) is 0 Å². The smallest absolute Gasteiger partial charge is 0.328 e. The molecule has 1 atom stereocenters. The van der Waals surface area contributed by atoms with Crippen molar-refractivity contribution in [3.63, 3.8) is 0 Å². The highest BCUT2D eigenvalue weighted by molar-refractivity contribution is 7.99. The molecule has 1 aromatic rings. The van der Waals surface area contributed by atoms with E-state index in [0.717, 1.165) is 17.9 Å². The van der Waals surface area contributed by atoms with Gasteiger partial charge >= 0.3 is 12.1 Å². The molecule has 3 rings (SSSR count). The second-order valence-electron chi connectivity index (χ2n) is 4.82. The Hall–Kier alpha value is -1.63. The normalized spacial score (nSPS) is 23.6. The van der Waals surface area contributed by atoms with E-state index < -0.39 is 0 Å². The number of furan rings is 1. The summed E-state index contributed by atoms with van der Waals surface area (Å²) in [5.74, 6) is 1.82. The molecule has 2 aliphatic rings. The van der Waals surface area contributed by atoms with Gasteiger partial charge in [-0.2, -0.15) is 0 Å². The lowest BCUT2D eigenvalue weighted by molar-refractivity contribution is 0.166. The summed E-state index contributed by atoms with van der Waals surface area (Å²) in [5, 5.41) is 2.94. The van der Waals surface area contributed by atoms with Crippen molar-refractivity contribution in [3.8, 4) is 0 Å². The van der Waals surface area contributed by atoms with E-state index in [1.807, 2.05) is 12.1 Å². The molecular formula is C13H17N3O3S. The fourth-order valence-electron chi connectivity index (χ4n) is 2.49. The van der Waals surface area contributed by atoms with Gasteiger partial charge in [-0.3, -0.25) is 0 Å². The van der Waals surface area contributed by atoms with Crippen molar-refractivity contribution < 1.29 is 14.0 Å². The number of urea groups is 2. The number of hydrogen-bond donors (Lipinski definition) is 1. The number of imide groups is 1. The van der Waals surface area contributed by atoms with Gasteiger partial charge in [0.1, 0.15) is 5.76 Å². The van der Waals surface area contributed by atoms with Gasteiger partial charge in [0.2, 0.25) is 0 Å². The molecule has 0 radical (unpaired) electrons. The fraction of sp³-hybridized carbons (Fsp3) is 0.538. The Bertz CT molecular complexity index is 491. The number of carbonyl (C=O) groups excluding carboxylic acids is 2. The van der Waals surface area contributed by atoms with E-state index in [1.54, 1.807) is 22.9 Å². The van der Waals surface area contributed by atoms with Crippen LogP contribution in [0.3, 0.4) is 0 Å². The van der Waals surface area contributed by atoms with Crippen molar-refractivity contribution >= 4 is 23.8 Å². The van der Waals surface area contributed by atoms with E-state index in [4.69, 9.17) is 4.42 Å². The highest BCUT2D eigenvalue weighted by Gasteiger charge is 2.31. The molecule has 1 N–H and O–H groups in total. The van der Waals surface area contributed by atoms with Crippen molar-refractivity contribution in [1.29, 1.82) is 0 Å². The van der Waals surface area contributed by atoms with E-state index in [0.29, 0.717) is 26.2 Å². The summed E-state index contributed by atoms with van der Waals surface area (Å²) in [6.45, 7) is 2.33. The number of nitrogens with zero attached hydrogens (tertiary/aromatic N) is 2. The molecule has 0 spiro atoms. The number of thioether (sulfide) groups is 1. The van der Waals surface area contributed by atoms with Crippen molar-refractivity contribution in [3.05, 3.63) is 24.2 Å². The van der Waals surface area contributed by atoms with Crippen LogP contribution >= 0.6 is 11.8 Å². The monoisotopic (exact) mass is 295 g/mol. The maximum atomic E-state index is 12.3. The Morgan fingerprint density at radius 1 is 1.40 bits per heavy atom. The Morgan fingerprint density at radius 3 is 3.00 bits per heavy atom. The molecule has 2 aliphatic heterocycles. The predicted molar refractivity (Wildman–Crippen MR) is 75.6 cm³/mol. The molecule has 0 bridgehead atoms. The van der Waals surface area contributed by atoms with Gasteiger partial charge in [-0.05, 0) is 18.6 Å². The summed E-state index contributed by atoms with van der Waals surface area (Å²) in [7, 11) is 0. The third-order valence-electron chi connectivity index (χ3n) is 3.56. The van der Waals surface area contributed by atoms with Crippen molar-refractivity contribution in [2.24, 2.45) is 0 Å². The van der Waals surface area contributed by atoms with Gasteiger partial charge in [-0.15, -0.1) is 11.8 Å². The first-order chi connectivity index (χ1) is 9.75. The Morgan fingerprint density at radius 2 is 2.30 bits per heavy atom. The van der Waals surface area contributed by atoms with Gasteiger partial charge in [0.05, 0.1) is 11.5 Å². The highest BCUT2D eigenvalue weighted by atomic mass is 32.2. The molecule has 4 amide bonds. The van der Waals surface area contributed by atoms with Crippen LogP contribution < -0.4 is 5.32 Å². The summed E-state index contributed by atoms with van der Waals surface area (Å²) in [5.41, 5.74) is 0.